The number of nitrogens with zero attached hydrogens (tertiary/aromatic N) is 2. The molecular weight excluding hydrogens is 368 g/mol. The summed E-state index contributed by atoms with van der Waals surface area (Å²) in [6.07, 6.45) is 13.0. The van der Waals surface area contributed by atoms with Gasteiger partial charge in [-0.15, -0.1) is 0 Å². The molecule has 5 aliphatic rings. The van der Waals surface area contributed by atoms with Gasteiger partial charge in [-0.1, -0.05) is 18.6 Å². The van der Waals surface area contributed by atoms with Gasteiger partial charge in [-0.3, -0.25) is 4.79 Å². The van der Waals surface area contributed by atoms with Crippen molar-refractivity contribution in [3.8, 4) is 0 Å². The van der Waals surface area contributed by atoms with Crippen LogP contribution >= 0.6 is 11.6 Å². The third-order valence-electron chi connectivity index (χ3n) is 10.5. The van der Waals surface area contributed by atoms with E-state index >= 15 is 0 Å². The number of rotatable bonds is 1. The van der Waals surface area contributed by atoms with Crippen LogP contribution in [0.4, 0.5) is 4.79 Å². The fourth-order valence-corrected chi connectivity index (χ4v) is 9.06. The Bertz CT molecular complexity index is 707. The summed E-state index contributed by atoms with van der Waals surface area (Å²) >= 11 is 5.78. The van der Waals surface area contributed by atoms with Gasteiger partial charge in [-0.25, -0.2) is 0 Å². The largest absolute Gasteiger partial charge is 0.329 e. The number of carbonyl (C=O) groups is 1. The lowest BCUT2D eigenvalue weighted by Crippen LogP contribution is -2.52. The van der Waals surface area contributed by atoms with Gasteiger partial charge in [0, 0.05) is 25.7 Å². The number of hydrogen-bond donors (Lipinski definition) is 0. The highest BCUT2D eigenvalue weighted by atomic mass is 35.5. The van der Waals surface area contributed by atoms with Crippen molar-refractivity contribution in [2.24, 2.45) is 34.5 Å². The lowest BCUT2D eigenvalue weighted by Gasteiger charge is -2.58. The van der Waals surface area contributed by atoms with Crippen LogP contribution in [0, 0.1) is 34.5 Å². The van der Waals surface area contributed by atoms with E-state index in [0.29, 0.717) is 10.8 Å². The van der Waals surface area contributed by atoms with Crippen LogP contribution in [0.3, 0.4) is 0 Å². The third kappa shape index (κ3) is 2.47. The van der Waals surface area contributed by atoms with E-state index in [9.17, 15) is 4.79 Å². The zero-order valence-electron chi connectivity index (χ0n) is 18.1. The van der Waals surface area contributed by atoms with Crippen molar-refractivity contribution >= 4 is 17.0 Å². The molecule has 0 aromatic rings. The maximum atomic E-state index is 11.7. The van der Waals surface area contributed by atoms with Crippen molar-refractivity contribution in [2.45, 2.75) is 77.3 Å². The summed E-state index contributed by atoms with van der Waals surface area (Å²) < 4.78 is 0. The number of hydrogen-bond acceptors (Lipinski definition) is 2. The first-order chi connectivity index (χ1) is 13.3. The van der Waals surface area contributed by atoms with Gasteiger partial charge >= 0.3 is 5.37 Å². The molecule has 5 rings (SSSR count). The maximum absolute atomic E-state index is 11.7. The molecule has 2 unspecified atom stereocenters. The van der Waals surface area contributed by atoms with Crippen LogP contribution in [-0.4, -0.2) is 47.9 Å². The van der Waals surface area contributed by atoms with Crippen LogP contribution < -0.4 is 0 Å². The molecule has 0 aromatic heterocycles. The Balaban J connectivity index is 1.42. The summed E-state index contributed by atoms with van der Waals surface area (Å²) in [4.78, 5) is 16.1. The molecule has 4 heteroatoms. The van der Waals surface area contributed by atoms with Gasteiger partial charge in [-0.05, 0) is 111 Å². The number of likely N-dealkylation sites (tertiary alicyclic amines) is 1. The monoisotopic (exact) mass is 404 g/mol. The standard InChI is InChI=1S/C24H37ClN2O/c1-15-19-7-8-21-18-6-5-16-13-17(27(4)22(25)28)9-11-23(16,2)20(18)10-12-24(19,21)14-26(15)3/h5,15,17-21H,6-14H2,1-4H3/t15-,17-,18+,19+,20?,21-,23-,24?/m0/s1. The molecule has 0 aromatic carbocycles. The molecule has 4 fully saturated rings. The number of fused-ring (bicyclic) bond motifs is 4. The number of carbonyl (C=O) groups excluding carboxylic acids is 1. The molecule has 0 bridgehead atoms. The Labute approximate surface area is 175 Å². The first kappa shape index (κ1) is 19.4. The van der Waals surface area contributed by atoms with Crippen LogP contribution in [0.1, 0.15) is 65.2 Å². The molecule has 0 N–H and O–H groups in total. The molecule has 1 aliphatic heterocycles. The van der Waals surface area contributed by atoms with E-state index in [0.717, 1.165) is 42.6 Å². The number of allylic oxidation sites excluding steroid dienone is 1. The molecular formula is C24H37ClN2O. The molecule has 156 valence electrons. The molecule has 3 saturated carbocycles. The summed E-state index contributed by atoms with van der Waals surface area (Å²) in [5.41, 5.74) is 2.60. The van der Waals surface area contributed by atoms with Gasteiger partial charge in [0.25, 0.3) is 0 Å². The number of halogens is 1. The predicted octanol–water partition coefficient (Wildman–Crippen LogP) is 5.54. The van der Waals surface area contributed by atoms with Crippen molar-refractivity contribution in [3.63, 3.8) is 0 Å². The van der Waals surface area contributed by atoms with Gasteiger partial charge < -0.3 is 9.80 Å². The molecule has 8 atom stereocenters. The van der Waals surface area contributed by atoms with E-state index in [1.807, 2.05) is 7.05 Å². The second-order valence-electron chi connectivity index (χ2n) is 11.1. The van der Waals surface area contributed by atoms with Crippen molar-refractivity contribution in [1.82, 2.24) is 9.80 Å². The fourth-order valence-electron chi connectivity index (χ4n) is 8.92. The topological polar surface area (TPSA) is 23.6 Å². The Morgan fingerprint density at radius 1 is 1.18 bits per heavy atom. The van der Waals surface area contributed by atoms with E-state index in [4.69, 9.17) is 11.6 Å². The van der Waals surface area contributed by atoms with E-state index < -0.39 is 0 Å². The third-order valence-corrected chi connectivity index (χ3v) is 10.8. The van der Waals surface area contributed by atoms with Crippen LogP contribution in [-0.2, 0) is 0 Å². The summed E-state index contributed by atoms with van der Waals surface area (Å²) in [5, 5.41) is -0.307. The normalized spacial score (nSPS) is 50.2. The molecule has 1 saturated heterocycles. The Morgan fingerprint density at radius 2 is 1.93 bits per heavy atom. The Morgan fingerprint density at radius 3 is 2.68 bits per heavy atom. The first-order valence-electron chi connectivity index (χ1n) is 11.6. The second-order valence-corrected chi connectivity index (χ2v) is 11.5. The molecule has 28 heavy (non-hydrogen) atoms. The lowest BCUT2D eigenvalue weighted by atomic mass is 9.47. The highest BCUT2D eigenvalue weighted by molar-refractivity contribution is 6.62. The molecule has 3 nitrogen and oxygen atoms in total. The van der Waals surface area contributed by atoms with Gasteiger partial charge in [0.05, 0.1) is 0 Å². The SMILES string of the molecule is C[C@H]1[C@H]2CC[C@H]3[C@@H]4CC=C5C[C@@H](N(C)C(=O)Cl)CC[C@]5(C)C4CCC23CN1C. The van der Waals surface area contributed by atoms with Gasteiger partial charge in [0.2, 0.25) is 0 Å². The molecule has 1 amide bonds. The Kier molecular flexibility index (Phi) is 4.49. The number of amides is 1. The van der Waals surface area contributed by atoms with E-state index in [1.54, 1.807) is 10.5 Å². The van der Waals surface area contributed by atoms with Crippen LogP contribution in [0.2, 0.25) is 0 Å². The van der Waals surface area contributed by atoms with Crippen LogP contribution in [0.5, 0.6) is 0 Å². The van der Waals surface area contributed by atoms with Gasteiger partial charge in [-0.2, -0.15) is 0 Å². The Hall–Kier alpha value is -0.540. The van der Waals surface area contributed by atoms with E-state index in [1.165, 1.54) is 45.1 Å². The predicted molar refractivity (Wildman–Crippen MR) is 114 cm³/mol. The average molecular weight is 405 g/mol. The van der Waals surface area contributed by atoms with Crippen molar-refractivity contribution in [3.05, 3.63) is 11.6 Å². The van der Waals surface area contributed by atoms with Gasteiger partial charge in [0.15, 0.2) is 0 Å². The zero-order valence-corrected chi connectivity index (χ0v) is 18.8. The van der Waals surface area contributed by atoms with Crippen molar-refractivity contribution in [2.75, 3.05) is 20.6 Å². The van der Waals surface area contributed by atoms with Crippen molar-refractivity contribution < 1.29 is 4.79 Å². The fraction of sp³-hybridized carbons (Fsp3) is 0.875. The van der Waals surface area contributed by atoms with E-state index in [-0.39, 0.29) is 11.4 Å². The second kappa shape index (κ2) is 6.48. The quantitative estimate of drug-likeness (QED) is 0.325. The first-order valence-corrected chi connectivity index (χ1v) is 12.0. The van der Waals surface area contributed by atoms with Crippen molar-refractivity contribution in [1.29, 1.82) is 0 Å². The minimum atomic E-state index is -0.307. The molecule has 1 heterocycles. The highest BCUT2D eigenvalue weighted by Gasteiger charge is 2.64. The summed E-state index contributed by atoms with van der Waals surface area (Å²) in [6.45, 7) is 6.37. The molecule has 1 spiro atoms. The molecule has 0 radical (unpaired) electrons. The average Bonchev–Trinajstić information content (AvgIpc) is 3.14. The minimum Gasteiger partial charge on any atom is -0.329 e. The van der Waals surface area contributed by atoms with E-state index in [2.05, 4.69) is 31.9 Å². The van der Waals surface area contributed by atoms with Crippen LogP contribution in [0.25, 0.3) is 0 Å². The van der Waals surface area contributed by atoms with Gasteiger partial charge in [0.1, 0.15) is 0 Å². The molecule has 4 aliphatic carbocycles. The summed E-state index contributed by atoms with van der Waals surface area (Å²) in [6, 6.07) is 1.06. The zero-order chi connectivity index (χ0) is 19.8. The summed E-state index contributed by atoms with van der Waals surface area (Å²) in [7, 11) is 4.23. The minimum absolute atomic E-state index is 0.288. The summed E-state index contributed by atoms with van der Waals surface area (Å²) in [5.74, 6) is 3.60. The smallest absolute Gasteiger partial charge is 0.316 e. The lowest BCUT2D eigenvalue weighted by molar-refractivity contribution is -0.0424. The maximum Gasteiger partial charge on any atom is 0.316 e. The van der Waals surface area contributed by atoms with Crippen LogP contribution in [0.15, 0.2) is 11.6 Å². The highest BCUT2D eigenvalue weighted by Crippen LogP contribution is 2.68.